The Morgan fingerprint density at radius 1 is 1.44 bits per heavy atom. The lowest BCUT2D eigenvalue weighted by Crippen LogP contribution is -2.37. The third-order valence-corrected chi connectivity index (χ3v) is 1.24. The zero-order chi connectivity index (χ0) is 6.27. The summed E-state index contributed by atoms with van der Waals surface area (Å²) >= 11 is 0. The fourth-order valence-corrected chi connectivity index (χ4v) is 0.760. The van der Waals surface area contributed by atoms with E-state index in [1.807, 2.05) is 0 Å². The van der Waals surface area contributed by atoms with Gasteiger partial charge in [0, 0.05) is 6.20 Å². The van der Waals surface area contributed by atoms with Crippen LogP contribution in [-0.2, 0) is 4.79 Å². The van der Waals surface area contributed by atoms with E-state index in [0.717, 1.165) is 0 Å². The summed E-state index contributed by atoms with van der Waals surface area (Å²) < 4.78 is 0. The maximum Gasteiger partial charge on any atom is 0.298 e. The van der Waals surface area contributed by atoms with Crippen LogP contribution < -0.4 is 0 Å². The number of amides is 1. The summed E-state index contributed by atoms with van der Waals surface area (Å²) in [6.07, 6.45) is 6.91. The molecule has 0 saturated carbocycles. The van der Waals surface area contributed by atoms with E-state index in [0.29, 0.717) is 5.71 Å². The molecule has 0 N–H and O–H groups in total. The number of carbonyl (C=O) groups excluding carboxylic acids is 1. The third kappa shape index (κ3) is 0.455. The van der Waals surface area contributed by atoms with Crippen molar-refractivity contribution >= 4 is 11.6 Å². The van der Waals surface area contributed by atoms with Crippen molar-refractivity contribution in [2.24, 2.45) is 5.10 Å². The van der Waals surface area contributed by atoms with E-state index in [2.05, 4.69) is 5.10 Å². The summed E-state index contributed by atoms with van der Waals surface area (Å²) in [4.78, 5) is 10.8. The Labute approximate surface area is 52.0 Å². The molecule has 0 aromatic carbocycles. The van der Waals surface area contributed by atoms with Crippen LogP contribution in [0.25, 0.3) is 0 Å². The first-order valence-electron chi connectivity index (χ1n) is 2.65. The second-order valence-electron chi connectivity index (χ2n) is 1.84. The predicted octanol–water partition coefficient (Wildman–Crippen LogP) is 0.268. The number of nitrogens with zero attached hydrogens (tertiary/aromatic N) is 2. The average molecular weight is 120 g/mol. The molecule has 0 unspecified atom stereocenters. The average Bonchev–Trinajstić information content (AvgIpc) is 2.17. The summed E-state index contributed by atoms with van der Waals surface area (Å²) in [5, 5.41) is 5.14. The summed E-state index contributed by atoms with van der Waals surface area (Å²) in [5.41, 5.74) is 0.542. The first-order chi connectivity index (χ1) is 4.38. The van der Waals surface area contributed by atoms with Crippen LogP contribution in [0.4, 0.5) is 0 Å². The molecule has 0 aromatic rings. The first-order valence-corrected chi connectivity index (χ1v) is 2.65. The Morgan fingerprint density at radius 2 is 2.33 bits per heavy atom. The van der Waals surface area contributed by atoms with Crippen LogP contribution in [0.3, 0.4) is 0 Å². The molecule has 44 valence electrons. The largest absolute Gasteiger partial charge is 0.298 e. The minimum Gasteiger partial charge on any atom is -0.265 e. The molecule has 0 aromatic heterocycles. The minimum absolute atomic E-state index is 0.0139. The lowest BCUT2D eigenvalue weighted by molar-refractivity contribution is -0.124. The van der Waals surface area contributed by atoms with Gasteiger partial charge in [0.25, 0.3) is 5.91 Å². The SMILES string of the molecule is O=C1C2=NN1C=CC=C2. The van der Waals surface area contributed by atoms with Crippen molar-refractivity contribution in [3.63, 3.8) is 0 Å². The number of hydrogen-bond donors (Lipinski definition) is 0. The molecule has 0 atom stereocenters. The molecule has 2 bridgehead atoms. The summed E-state index contributed by atoms with van der Waals surface area (Å²) in [5.74, 6) is -0.0139. The summed E-state index contributed by atoms with van der Waals surface area (Å²) in [6, 6.07) is 0. The van der Waals surface area contributed by atoms with Gasteiger partial charge < -0.3 is 0 Å². The monoisotopic (exact) mass is 120 g/mol. The van der Waals surface area contributed by atoms with Gasteiger partial charge in [-0.15, -0.1) is 0 Å². The smallest absolute Gasteiger partial charge is 0.265 e. The highest BCUT2D eigenvalue weighted by atomic mass is 16.2. The van der Waals surface area contributed by atoms with Gasteiger partial charge in [0.1, 0.15) is 0 Å². The lowest BCUT2D eigenvalue weighted by Gasteiger charge is -2.19. The third-order valence-electron chi connectivity index (χ3n) is 1.24. The molecular weight excluding hydrogens is 116 g/mol. The van der Waals surface area contributed by atoms with Crippen LogP contribution in [-0.4, -0.2) is 16.6 Å². The quantitative estimate of drug-likeness (QED) is 0.451. The zero-order valence-corrected chi connectivity index (χ0v) is 4.61. The molecule has 0 fully saturated rings. The first kappa shape index (κ1) is 4.49. The highest BCUT2D eigenvalue weighted by molar-refractivity contribution is 6.47. The summed E-state index contributed by atoms with van der Waals surface area (Å²) in [6.45, 7) is 0. The number of fused-ring (bicyclic) bond motifs is 1. The van der Waals surface area contributed by atoms with Gasteiger partial charge in [-0.1, -0.05) is 6.08 Å². The molecular formula is C6H4N2O. The predicted molar refractivity (Wildman–Crippen MR) is 32.6 cm³/mol. The fraction of sp³-hybridized carbons (Fsp3) is 0. The van der Waals surface area contributed by atoms with Gasteiger partial charge in [-0.25, -0.2) is 5.01 Å². The number of hydrogen-bond acceptors (Lipinski definition) is 2. The highest BCUT2D eigenvalue weighted by Crippen LogP contribution is 2.11. The standard InChI is InChI=1S/C6H4N2O/c9-6-5-3-1-2-4-8(6)7-5/h1-4H. The Morgan fingerprint density at radius 3 is 3.11 bits per heavy atom. The molecule has 0 aliphatic carbocycles. The molecule has 3 aliphatic heterocycles. The zero-order valence-electron chi connectivity index (χ0n) is 4.61. The Balaban J connectivity index is 2.49. The number of carbonyl (C=O) groups is 1. The molecule has 3 aliphatic rings. The lowest BCUT2D eigenvalue weighted by atomic mass is 10.3. The van der Waals surface area contributed by atoms with Gasteiger partial charge in [-0.2, -0.15) is 5.10 Å². The van der Waals surface area contributed by atoms with Gasteiger partial charge in [0.2, 0.25) is 0 Å². The Kier molecular flexibility index (Phi) is 0.656. The van der Waals surface area contributed by atoms with Gasteiger partial charge in [-0.3, -0.25) is 4.79 Å². The van der Waals surface area contributed by atoms with E-state index >= 15 is 0 Å². The maximum atomic E-state index is 10.8. The molecule has 3 rings (SSSR count). The second kappa shape index (κ2) is 1.31. The van der Waals surface area contributed by atoms with Gasteiger partial charge in [-0.05, 0) is 12.2 Å². The molecule has 3 nitrogen and oxygen atoms in total. The van der Waals surface area contributed by atoms with Crippen molar-refractivity contribution in [3.05, 3.63) is 24.4 Å². The topological polar surface area (TPSA) is 32.7 Å². The molecule has 0 radical (unpaired) electrons. The Bertz CT molecular complexity index is 250. The van der Waals surface area contributed by atoms with E-state index in [4.69, 9.17) is 0 Å². The summed E-state index contributed by atoms with van der Waals surface area (Å²) in [7, 11) is 0. The van der Waals surface area contributed by atoms with Crippen LogP contribution in [0.5, 0.6) is 0 Å². The van der Waals surface area contributed by atoms with Crippen molar-refractivity contribution in [1.29, 1.82) is 0 Å². The van der Waals surface area contributed by atoms with Crippen molar-refractivity contribution in [2.75, 3.05) is 0 Å². The van der Waals surface area contributed by atoms with Crippen LogP contribution in [0, 0.1) is 0 Å². The number of allylic oxidation sites excluding steroid dienone is 2. The minimum atomic E-state index is -0.0139. The normalized spacial score (nSPS) is 21.1. The molecule has 0 spiro atoms. The van der Waals surface area contributed by atoms with Gasteiger partial charge in [0.05, 0.1) is 0 Å². The molecule has 0 saturated heterocycles. The van der Waals surface area contributed by atoms with E-state index in [9.17, 15) is 4.79 Å². The van der Waals surface area contributed by atoms with Crippen LogP contribution in [0.15, 0.2) is 29.5 Å². The van der Waals surface area contributed by atoms with E-state index < -0.39 is 0 Å². The fourth-order valence-electron chi connectivity index (χ4n) is 0.760. The highest BCUT2D eigenvalue weighted by Gasteiger charge is 2.26. The number of rotatable bonds is 0. The molecule has 9 heavy (non-hydrogen) atoms. The van der Waals surface area contributed by atoms with Gasteiger partial charge in [0.15, 0.2) is 5.71 Å². The number of hydrazone groups is 1. The molecule has 3 heterocycles. The van der Waals surface area contributed by atoms with E-state index in [1.54, 1.807) is 24.4 Å². The van der Waals surface area contributed by atoms with Crippen molar-refractivity contribution < 1.29 is 4.79 Å². The maximum absolute atomic E-state index is 10.8. The van der Waals surface area contributed by atoms with Crippen molar-refractivity contribution in [1.82, 2.24) is 5.01 Å². The van der Waals surface area contributed by atoms with Crippen LogP contribution in [0.2, 0.25) is 0 Å². The second-order valence-corrected chi connectivity index (χ2v) is 1.84. The van der Waals surface area contributed by atoms with Crippen LogP contribution in [0.1, 0.15) is 0 Å². The molecule has 1 amide bonds. The van der Waals surface area contributed by atoms with Crippen molar-refractivity contribution in [3.8, 4) is 0 Å². The molecule has 3 heteroatoms. The van der Waals surface area contributed by atoms with Crippen LogP contribution >= 0.6 is 0 Å². The van der Waals surface area contributed by atoms with Gasteiger partial charge >= 0.3 is 0 Å². The Hall–Kier alpha value is -1.38. The van der Waals surface area contributed by atoms with Crippen molar-refractivity contribution in [2.45, 2.75) is 0 Å². The van der Waals surface area contributed by atoms with E-state index in [1.165, 1.54) is 5.01 Å². The van der Waals surface area contributed by atoms with E-state index in [-0.39, 0.29) is 5.91 Å².